The molecule has 0 spiro atoms. The summed E-state index contributed by atoms with van der Waals surface area (Å²) in [4.78, 5) is 13.1. The molecule has 1 aliphatic heterocycles. The van der Waals surface area contributed by atoms with Crippen molar-refractivity contribution in [2.75, 3.05) is 20.1 Å². The van der Waals surface area contributed by atoms with Crippen LogP contribution in [0.4, 0.5) is 0 Å². The van der Waals surface area contributed by atoms with E-state index in [2.05, 4.69) is 13.8 Å². The maximum absolute atomic E-state index is 11.4. The van der Waals surface area contributed by atoms with Crippen LogP contribution in [0.15, 0.2) is 23.3 Å². The molecule has 0 aliphatic carbocycles. The number of nitrogens with two attached hydrogens (primary N) is 1. The molecule has 1 heterocycles. The number of rotatable bonds is 1. The highest BCUT2D eigenvalue weighted by Crippen LogP contribution is 2.21. The number of nitrogens with zero attached hydrogens (tertiary/aromatic N) is 1. The van der Waals surface area contributed by atoms with Gasteiger partial charge in [0, 0.05) is 20.1 Å². The zero-order valence-corrected chi connectivity index (χ0v) is 10.9. The second-order valence-electron chi connectivity index (χ2n) is 3.91. The van der Waals surface area contributed by atoms with Crippen molar-refractivity contribution in [3.05, 3.63) is 23.3 Å². The first-order valence-electron chi connectivity index (χ1n) is 5.89. The van der Waals surface area contributed by atoms with Gasteiger partial charge in [0.1, 0.15) is 0 Å². The van der Waals surface area contributed by atoms with Crippen molar-refractivity contribution in [1.29, 1.82) is 0 Å². The van der Waals surface area contributed by atoms with Gasteiger partial charge in [0.15, 0.2) is 0 Å². The molecular formula is C13H24N2O. The summed E-state index contributed by atoms with van der Waals surface area (Å²) in [5.74, 6) is 0.172. The Balaban J connectivity index is 0.000000673. The fourth-order valence-corrected chi connectivity index (χ4v) is 1.48. The van der Waals surface area contributed by atoms with Gasteiger partial charge in [0.2, 0.25) is 5.91 Å². The highest BCUT2D eigenvalue weighted by Gasteiger charge is 2.20. The third kappa shape index (κ3) is 4.62. The van der Waals surface area contributed by atoms with E-state index in [4.69, 9.17) is 5.73 Å². The zero-order valence-electron chi connectivity index (χ0n) is 10.9. The van der Waals surface area contributed by atoms with Crippen LogP contribution in [0.3, 0.4) is 0 Å². The van der Waals surface area contributed by atoms with E-state index in [1.165, 1.54) is 12.0 Å². The number of amides is 1. The molecule has 0 bridgehead atoms. The Kier molecular flexibility index (Phi) is 7.56. The smallest absolute Gasteiger partial charge is 0.227 e. The SMILES string of the molecule is C/C=C1/CN(C)C(=O)C/C1=C/CN.CCC. The minimum atomic E-state index is 0.172. The fraction of sp³-hybridized carbons (Fsp3) is 0.615. The van der Waals surface area contributed by atoms with Crippen molar-refractivity contribution in [3.8, 4) is 0 Å². The van der Waals surface area contributed by atoms with Crippen molar-refractivity contribution in [2.45, 2.75) is 33.6 Å². The summed E-state index contributed by atoms with van der Waals surface area (Å²) in [5, 5.41) is 0. The molecule has 0 aromatic carbocycles. The second-order valence-corrected chi connectivity index (χ2v) is 3.91. The maximum atomic E-state index is 11.4. The van der Waals surface area contributed by atoms with Crippen molar-refractivity contribution >= 4 is 5.91 Å². The number of likely N-dealkylation sites (N-methyl/N-ethyl adjacent to an activating group) is 1. The minimum Gasteiger partial charge on any atom is -0.341 e. The van der Waals surface area contributed by atoms with Gasteiger partial charge in [-0.3, -0.25) is 4.79 Å². The summed E-state index contributed by atoms with van der Waals surface area (Å²) in [6.07, 6.45) is 5.72. The summed E-state index contributed by atoms with van der Waals surface area (Å²) in [6.45, 7) is 7.45. The number of hydrogen-bond donors (Lipinski definition) is 1. The molecule has 0 saturated carbocycles. The average Bonchev–Trinajstić information content (AvgIpc) is 2.24. The van der Waals surface area contributed by atoms with E-state index in [9.17, 15) is 4.79 Å². The number of carbonyl (C=O) groups is 1. The van der Waals surface area contributed by atoms with E-state index in [-0.39, 0.29) is 5.91 Å². The van der Waals surface area contributed by atoms with E-state index in [1.54, 1.807) is 4.90 Å². The lowest BCUT2D eigenvalue weighted by Gasteiger charge is -2.26. The molecule has 1 amide bonds. The molecule has 0 unspecified atom stereocenters. The summed E-state index contributed by atoms with van der Waals surface area (Å²) < 4.78 is 0. The lowest BCUT2D eigenvalue weighted by Crippen LogP contribution is -2.34. The predicted molar refractivity (Wildman–Crippen MR) is 69.1 cm³/mol. The first-order valence-corrected chi connectivity index (χ1v) is 5.89. The van der Waals surface area contributed by atoms with Crippen molar-refractivity contribution in [3.63, 3.8) is 0 Å². The van der Waals surface area contributed by atoms with E-state index in [0.29, 0.717) is 19.5 Å². The third-order valence-electron chi connectivity index (χ3n) is 2.30. The molecule has 1 fully saturated rings. The molecule has 1 rings (SSSR count). The maximum Gasteiger partial charge on any atom is 0.227 e. The Hall–Kier alpha value is -1.09. The van der Waals surface area contributed by atoms with E-state index in [1.807, 2.05) is 26.1 Å². The third-order valence-corrected chi connectivity index (χ3v) is 2.30. The van der Waals surface area contributed by atoms with Crippen LogP contribution < -0.4 is 5.73 Å². The van der Waals surface area contributed by atoms with Gasteiger partial charge in [-0.15, -0.1) is 0 Å². The predicted octanol–water partition coefficient (Wildman–Crippen LogP) is 2.10. The van der Waals surface area contributed by atoms with E-state index >= 15 is 0 Å². The van der Waals surface area contributed by atoms with Crippen molar-refractivity contribution in [1.82, 2.24) is 4.90 Å². The Morgan fingerprint density at radius 2 is 1.94 bits per heavy atom. The standard InChI is InChI=1S/C10H16N2O.C3H8/c1-3-8-7-12(2)10(13)6-9(8)4-5-11;1-3-2/h3-4H,5-7,11H2,1-2H3;3H2,1-2H3/b8-3-,9-4-;. The lowest BCUT2D eigenvalue weighted by atomic mass is 9.97. The Morgan fingerprint density at radius 1 is 1.38 bits per heavy atom. The minimum absolute atomic E-state index is 0.172. The van der Waals surface area contributed by atoms with Crippen LogP contribution in [-0.4, -0.2) is 30.9 Å². The van der Waals surface area contributed by atoms with Gasteiger partial charge >= 0.3 is 0 Å². The molecule has 3 nitrogen and oxygen atoms in total. The van der Waals surface area contributed by atoms with E-state index in [0.717, 1.165) is 5.57 Å². The lowest BCUT2D eigenvalue weighted by molar-refractivity contribution is -0.129. The van der Waals surface area contributed by atoms with Gasteiger partial charge in [0.05, 0.1) is 6.42 Å². The molecule has 16 heavy (non-hydrogen) atoms. The van der Waals surface area contributed by atoms with Crippen molar-refractivity contribution in [2.24, 2.45) is 5.73 Å². The highest BCUT2D eigenvalue weighted by atomic mass is 16.2. The van der Waals surface area contributed by atoms with Crippen LogP contribution in [0.5, 0.6) is 0 Å². The summed E-state index contributed by atoms with van der Waals surface area (Å²) >= 11 is 0. The topological polar surface area (TPSA) is 46.3 Å². The fourth-order valence-electron chi connectivity index (χ4n) is 1.48. The van der Waals surface area contributed by atoms with Crippen LogP contribution in [0.2, 0.25) is 0 Å². The molecule has 1 aliphatic rings. The number of likely N-dealkylation sites (tertiary alicyclic amines) is 1. The molecule has 0 aromatic rings. The van der Waals surface area contributed by atoms with E-state index < -0.39 is 0 Å². The monoisotopic (exact) mass is 224 g/mol. The van der Waals surface area contributed by atoms with Gasteiger partial charge in [0.25, 0.3) is 0 Å². The molecule has 0 atom stereocenters. The van der Waals surface area contributed by atoms with Crippen molar-refractivity contribution < 1.29 is 4.79 Å². The van der Waals surface area contributed by atoms with Gasteiger partial charge < -0.3 is 10.6 Å². The molecule has 0 radical (unpaired) electrons. The normalized spacial score (nSPS) is 21.1. The zero-order chi connectivity index (χ0) is 12.6. The van der Waals surface area contributed by atoms with Crippen LogP contribution in [0, 0.1) is 0 Å². The summed E-state index contributed by atoms with van der Waals surface area (Å²) in [5.41, 5.74) is 7.73. The Morgan fingerprint density at radius 3 is 2.38 bits per heavy atom. The van der Waals surface area contributed by atoms with Crippen LogP contribution in [0.25, 0.3) is 0 Å². The van der Waals surface area contributed by atoms with Gasteiger partial charge in [-0.1, -0.05) is 32.4 Å². The van der Waals surface area contributed by atoms with Crippen LogP contribution >= 0.6 is 0 Å². The largest absolute Gasteiger partial charge is 0.341 e. The molecule has 3 heteroatoms. The van der Waals surface area contributed by atoms with Crippen LogP contribution in [-0.2, 0) is 4.79 Å². The summed E-state index contributed by atoms with van der Waals surface area (Å²) in [7, 11) is 1.82. The summed E-state index contributed by atoms with van der Waals surface area (Å²) in [6, 6.07) is 0. The number of hydrogen-bond acceptors (Lipinski definition) is 2. The Bertz CT molecular complexity index is 280. The quantitative estimate of drug-likeness (QED) is 0.741. The number of allylic oxidation sites excluding steroid dienone is 1. The molecule has 92 valence electrons. The first kappa shape index (κ1) is 14.9. The number of carbonyl (C=O) groups excluding carboxylic acids is 1. The molecule has 2 N–H and O–H groups in total. The van der Waals surface area contributed by atoms with Gasteiger partial charge in [-0.05, 0) is 18.1 Å². The molecule has 0 aromatic heterocycles. The average molecular weight is 224 g/mol. The van der Waals surface area contributed by atoms with Crippen LogP contribution in [0.1, 0.15) is 33.6 Å². The van der Waals surface area contributed by atoms with Gasteiger partial charge in [-0.2, -0.15) is 0 Å². The molecular weight excluding hydrogens is 200 g/mol. The second kappa shape index (κ2) is 8.11. The van der Waals surface area contributed by atoms with Gasteiger partial charge in [-0.25, -0.2) is 0 Å². The highest BCUT2D eigenvalue weighted by molar-refractivity contribution is 5.82. The molecule has 1 saturated heterocycles. The Labute approximate surface area is 99.0 Å². The first-order chi connectivity index (χ1) is 7.60. The number of piperidine rings is 1.